The Balaban J connectivity index is 1.96. The fourth-order valence-electron chi connectivity index (χ4n) is 2.01. The predicted molar refractivity (Wildman–Crippen MR) is 70.1 cm³/mol. The van der Waals surface area contributed by atoms with Gasteiger partial charge in [-0.1, -0.05) is 12.1 Å². The van der Waals surface area contributed by atoms with Gasteiger partial charge in [-0.05, 0) is 50.3 Å². The Morgan fingerprint density at radius 3 is 2.76 bits per heavy atom. The molecule has 3 nitrogen and oxygen atoms in total. The van der Waals surface area contributed by atoms with Crippen LogP contribution in [0.4, 0.5) is 10.5 Å². The molecule has 1 aliphatic rings. The van der Waals surface area contributed by atoms with E-state index in [9.17, 15) is 4.79 Å². The maximum absolute atomic E-state index is 12.0. The van der Waals surface area contributed by atoms with Crippen LogP contribution < -0.4 is 5.32 Å². The number of benzene rings is 1. The third-order valence-corrected chi connectivity index (χ3v) is 3.50. The van der Waals surface area contributed by atoms with E-state index in [-0.39, 0.29) is 6.03 Å². The highest BCUT2D eigenvalue weighted by Gasteiger charge is 2.32. The Morgan fingerprint density at radius 2 is 2.18 bits per heavy atom. The molecule has 0 aromatic heterocycles. The van der Waals surface area contributed by atoms with Crippen molar-refractivity contribution in [3.8, 4) is 0 Å². The number of carbonyl (C=O) groups excluding carboxylic acids is 1. The number of nitrogens with zero attached hydrogens (tertiary/aromatic N) is 1. The Kier molecular flexibility index (Phi) is 3.36. The molecule has 2 amide bonds. The molecule has 92 valence electrons. The lowest BCUT2D eigenvalue weighted by Gasteiger charge is -2.25. The molecule has 2 rings (SSSR count). The summed E-state index contributed by atoms with van der Waals surface area (Å²) >= 11 is 0. The fourth-order valence-corrected chi connectivity index (χ4v) is 2.01. The molecule has 1 N–H and O–H groups in total. The molecule has 1 aliphatic carbocycles. The van der Waals surface area contributed by atoms with Crippen LogP contribution in [0.5, 0.6) is 0 Å². The van der Waals surface area contributed by atoms with Gasteiger partial charge < -0.3 is 10.2 Å². The van der Waals surface area contributed by atoms with Gasteiger partial charge in [-0.15, -0.1) is 0 Å². The van der Waals surface area contributed by atoms with E-state index in [1.165, 1.54) is 12.8 Å². The SMILES string of the molecule is Cc1cccc(NC(=O)N(C)C(C)C2CC2)c1. The van der Waals surface area contributed by atoms with Gasteiger partial charge in [0.2, 0.25) is 0 Å². The van der Waals surface area contributed by atoms with Gasteiger partial charge in [-0.2, -0.15) is 0 Å². The summed E-state index contributed by atoms with van der Waals surface area (Å²) in [6.07, 6.45) is 2.51. The summed E-state index contributed by atoms with van der Waals surface area (Å²) in [5.74, 6) is 0.697. The van der Waals surface area contributed by atoms with Crippen LogP contribution in [0, 0.1) is 12.8 Å². The minimum atomic E-state index is -0.0185. The van der Waals surface area contributed by atoms with Crippen LogP contribution >= 0.6 is 0 Å². The molecule has 0 saturated heterocycles. The minimum absolute atomic E-state index is 0.0185. The number of amides is 2. The smallest absolute Gasteiger partial charge is 0.321 e. The Labute approximate surface area is 103 Å². The van der Waals surface area contributed by atoms with Gasteiger partial charge in [-0.25, -0.2) is 4.79 Å². The van der Waals surface area contributed by atoms with Crippen molar-refractivity contribution in [1.29, 1.82) is 0 Å². The van der Waals surface area contributed by atoms with E-state index in [0.29, 0.717) is 12.0 Å². The number of nitrogens with one attached hydrogen (secondary N) is 1. The lowest BCUT2D eigenvalue weighted by Crippen LogP contribution is -2.39. The van der Waals surface area contributed by atoms with Gasteiger partial charge in [-0.3, -0.25) is 0 Å². The fraction of sp³-hybridized carbons (Fsp3) is 0.500. The number of anilines is 1. The average molecular weight is 232 g/mol. The van der Waals surface area contributed by atoms with Crippen LogP contribution in [0.25, 0.3) is 0 Å². The van der Waals surface area contributed by atoms with Crippen LogP contribution in [0.15, 0.2) is 24.3 Å². The van der Waals surface area contributed by atoms with Crippen molar-refractivity contribution in [3.63, 3.8) is 0 Å². The second-order valence-electron chi connectivity index (χ2n) is 4.99. The maximum Gasteiger partial charge on any atom is 0.321 e. The Bertz CT molecular complexity index is 412. The molecule has 17 heavy (non-hydrogen) atoms. The zero-order valence-electron chi connectivity index (χ0n) is 10.7. The van der Waals surface area contributed by atoms with E-state index in [1.54, 1.807) is 4.90 Å². The first-order valence-corrected chi connectivity index (χ1v) is 6.18. The van der Waals surface area contributed by atoms with Gasteiger partial charge in [0.1, 0.15) is 0 Å². The number of hydrogen-bond donors (Lipinski definition) is 1. The summed E-state index contributed by atoms with van der Waals surface area (Å²) in [4.78, 5) is 13.8. The molecular formula is C14H20N2O. The summed E-state index contributed by atoms with van der Waals surface area (Å²) in [5, 5.41) is 2.93. The van der Waals surface area contributed by atoms with Crippen molar-refractivity contribution in [1.82, 2.24) is 4.90 Å². The van der Waals surface area contributed by atoms with Crippen LogP contribution in [0.3, 0.4) is 0 Å². The van der Waals surface area contributed by atoms with E-state index in [1.807, 2.05) is 38.2 Å². The quantitative estimate of drug-likeness (QED) is 0.852. The number of carbonyl (C=O) groups is 1. The summed E-state index contributed by atoms with van der Waals surface area (Å²) < 4.78 is 0. The monoisotopic (exact) mass is 232 g/mol. The molecule has 0 radical (unpaired) electrons. The Morgan fingerprint density at radius 1 is 1.47 bits per heavy atom. The summed E-state index contributed by atoms with van der Waals surface area (Å²) in [7, 11) is 1.87. The molecule has 1 atom stereocenters. The molecule has 1 saturated carbocycles. The standard InChI is InChI=1S/C14H20N2O/c1-10-5-4-6-13(9-10)15-14(17)16(3)11(2)12-7-8-12/h4-6,9,11-12H,7-8H2,1-3H3,(H,15,17). The lowest BCUT2D eigenvalue weighted by atomic mass is 10.2. The molecule has 1 unspecified atom stereocenters. The molecule has 0 bridgehead atoms. The molecule has 3 heteroatoms. The van der Waals surface area contributed by atoms with Crippen LogP contribution in [0.1, 0.15) is 25.3 Å². The highest BCUT2D eigenvalue weighted by Crippen LogP contribution is 2.34. The minimum Gasteiger partial charge on any atom is -0.325 e. The molecule has 1 aromatic carbocycles. The number of rotatable bonds is 3. The molecule has 0 aliphatic heterocycles. The summed E-state index contributed by atoms with van der Waals surface area (Å²) in [6.45, 7) is 4.14. The van der Waals surface area contributed by atoms with Gasteiger partial charge in [0.15, 0.2) is 0 Å². The first-order valence-electron chi connectivity index (χ1n) is 6.18. The first kappa shape index (κ1) is 12.0. The van der Waals surface area contributed by atoms with E-state index >= 15 is 0 Å². The van der Waals surface area contributed by atoms with Crippen LogP contribution in [0.2, 0.25) is 0 Å². The lowest BCUT2D eigenvalue weighted by molar-refractivity contribution is 0.201. The maximum atomic E-state index is 12.0. The van der Waals surface area contributed by atoms with Crippen molar-refractivity contribution >= 4 is 11.7 Å². The molecule has 0 spiro atoms. The third kappa shape index (κ3) is 2.99. The average Bonchev–Trinajstić information content (AvgIpc) is 3.11. The highest BCUT2D eigenvalue weighted by molar-refractivity contribution is 5.89. The normalized spacial score (nSPS) is 16.4. The van der Waals surface area contributed by atoms with E-state index in [4.69, 9.17) is 0 Å². The highest BCUT2D eigenvalue weighted by atomic mass is 16.2. The summed E-state index contributed by atoms with van der Waals surface area (Å²) in [5.41, 5.74) is 2.02. The van der Waals surface area contributed by atoms with Crippen LogP contribution in [-0.4, -0.2) is 24.0 Å². The molecule has 0 heterocycles. The molecular weight excluding hydrogens is 212 g/mol. The van der Waals surface area contributed by atoms with Gasteiger partial charge in [0.25, 0.3) is 0 Å². The molecule has 1 fully saturated rings. The number of urea groups is 1. The van der Waals surface area contributed by atoms with Gasteiger partial charge in [0, 0.05) is 18.8 Å². The second kappa shape index (κ2) is 4.78. The van der Waals surface area contributed by atoms with Gasteiger partial charge in [0.05, 0.1) is 0 Å². The topological polar surface area (TPSA) is 32.3 Å². The molecule has 1 aromatic rings. The first-order chi connectivity index (χ1) is 8.08. The van der Waals surface area contributed by atoms with E-state index < -0.39 is 0 Å². The van der Waals surface area contributed by atoms with E-state index in [0.717, 1.165) is 11.3 Å². The largest absolute Gasteiger partial charge is 0.325 e. The van der Waals surface area contributed by atoms with Gasteiger partial charge >= 0.3 is 6.03 Å². The van der Waals surface area contributed by atoms with Crippen molar-refractivity contribution in [3.05, 3.63) is 29.8 Å². The van der Waals surface area contributed by atoms with Crippen LogP contribution in [-0.2, 0) is 0 Å². The predicted octanol–water partition coefficient (Wildman–Crippen LogP) is 3.26. The Hall–Kier alpha value is -1.51. The zero-order chi connectivity index (χ0) is 12.4. The van der Waals surface area contributed by atoms with Crippen molar-refractivity contribution in [2.45, 2.75) is 32.7 Å². The van der Waals surface area contributed by atoms with Crippen molar-refractivity contribution in [2.24, 2.45) is 5.92 Å². The van der Waals surface area contributed by atoms with Crippen molar-refractivity contribution < 1.29 is 4.79 Å². The number of aryl methyl sites for hydroxylation is 1. The third-order valence-electron chi connectivity index (χ3n) is 3.50. The van der Waals surface area contributed by atoms with Crippen molar-refractivity contribution in [2.75, 3.05) is 12.4 Å². The summed E-state index contributed by atoms with van der Waals surface area (Å²) in [6, 6.07) is 8.19. The van der Waals surface area contributed by atoms with E-state index in [2.05, 4.69) is 12.2 Å². The zero-order valence-corrected chi connectivity index (χ0v) is 10.7. The second-order valence-corrected chi connectivity index (χ2v) is 4.99. The number of hydrogen-bond acceptors (Lipinski definition) is 1.